The molecule has 266 valence electrons. The molecule has 3 N–H and O–H groups in total. The van der Waals surface area contributed by atoms with Crippen LogP contribution in [0.3, 0.4) is 0 Å². The van der Waals surface area contributed by atoms with Crippen LogP contribution in [0.1, 0.15) is 63.2 Å². The zero-order chi connectivity index (χ0) is 35.4. The molecule has 4 amide bonds. The van der Waals surface area contributed by atoms with E-state index in [-0.39, 0.29) is 54.7 Å². The summed E-state index contributed by atoms with van der Waals surface area (Å²) in [5, 5.41) is 15.4. The highest BCUT2D eigenvalue weighted by Crippen LogP contribution is 2.29. The molecule has 0 aromatic heterocycles. The van der Waals surface area contributed by atoms with Crippen LogP contribution in [-0.2, 0) is 9.53 Å². The van der Waals surface area contributed by atoms with Crippen molar-refractivity contribution in [3.05, 3.63) is 48.0 Å². The Hall–Kier alpha value is -4.04. The molecule has 4 atom stereocenters. The topological polar surface area (TPSA) is 130 Å². The number of aliphatic hydroxyl groups is 1. The third-order valence-corrected chi connectivity index (χ3v) is 8.11. The molecule has 2 aromatic rings. The van der Waals surface area contributed by atoms with E-state index < -0.39 is 43.0 Å². The quantitative estimate of drug-likeness (QED) is 0.299. The SMILES string of the molecule is COc1ccc(NC(=O)N(C)C[C@@H]2OCCCC[C@@H](C)Oc3ccc(NC(=O)CCC(F)(F)F)cc3C(=O)N([C@H](C)CO)C[C@H]2C)cc1. The van der Waals surface area contributed by atoms with Gasteiger partial charge in [0.15, 0.2) is 0 Å². The first kappa shape index (κ1) is 38.4. The molecule has 1 heterocycles. The van der Waals surface area contributed by atoms with Crippen LogP contribution in [-0.4, -0.2) is 97.6 Å². The number of methoxy groups -OCH3 is 1. The molecule has 0 aliphatic carbocycles. The molecule has 0 saturated carbocycles. The number of carbonyl (C=O) groups is 3. The van der Waals surface area contributed by atoms with E-state index in [1.807, 2.05) is 13.8 Å². The number of likely N-dealkylation sites (N-methyl/N-ethyl adjacent to an activating group) is 1. The summed E-state index contributed by atoms with van der Waals surface area (Å²) in [4.78, 5) is 42.5. The van der Waals surface area contributed by atoms with Crippen LogP contribution in [0.5, 0.6) is 11.5 Å². The van der Waals surface area contributed by atoms with Gasteiger partial charge in [0.1, 0.15) is 11.5 Å². The maximum Gasteiger partial charge on any atom is 0.389 e. The summed E-state index contributed by atoms with van der Waals surface area (Å²) in [6.07, 6.45) is -5.15. The second kappa shape index (κ2) is 17.9. The average molecular weight is 681 g/mol. The second-order valence-electron chi connectivity index (χ2n) is 12.2. The van der Waals surface area contributed by atoms with E-state index in [2.05, 4.69) is 10.6 Å². The molecule has 2 aromatic carbocycles. The third-order valence-electron chi connectivity index (χ3n) is 8.11. The minimum absolute atomic E-state index is 0.0912. The molecule has 3 rings (SSSR count). The Kier molecular flexibility index (Phi) is 14.3. The summed E-state index contributed by atoms with van der Waals surface area (Å²) < 4.78 is 55.6. The van der Waals surface area contributed by atoms with Gasteiger partial charge in [-0.1, -0.05) is 6.92 Å². The second-order valence-corrected chi connectivity index (χ2v) is 12.2. The lowest BCUT2D eigenvalue weighted by atomic mass is 10.0. The Labute approximate surface area is 279 Å². The van der Waals surface area contributed by atoms with E-state index in [1.54, 1.807) is 45.3 Å². The monoisotopic (exact) mass is 680 g/mol. The third kappa shape index (κ3) is 11.9. The maximum absolute atomic E-state index is 14.2. The van der Waals surface area contributed by atoms with Gasteiger partial charge < -0.3 is 39.8 Å². The minimum Gasteiger partial charge on any atom is -0.497 e. The first-order valence-electron chi connectivity index (χ1n) is 16.1. The number of hydrogen-bond donors (Lipinski definition) is 3. The van der Waals surface area contributed by atoms with Gasteiger partial charge in [-0.05, 0) is 75.6 Å². The zero-order valence-corrected chi connectivity index (χ0v) is 28.1. The Bertz CT molecular complexity index is 1360. The van der Waals surface area contributed by atoms with Gasteiger partial charge in [-0.3, -0.25) is 9.59 Å². The number of urea groups is 1. The average Bonchev–Trinajstić information content (AvgIpc) is 3.05. The molecule has 0 saturated heterocycles. The summed E-state index contributed by atoms with van der Waals surface area (Å²) in [6.45, 7) is 5.86. The van der Waals surface area contributed by atoms with Crippen molar-refractivity contribution < 1.29 is 46.9 Å². The van der Waals surface area contributed by atoms with Crippen LogP contribution in [0.15, 0.2) is 42.5 Å². The lowest BCUT2D eigenvalue weighted by molar-refractivity contribution is -0.142. The summed E-state index contributed by atoms with van der Waals surface area (Å²) in [5.74, 6) is -0.744. The zero-order valence-electron chi connectivity index (χ0n) is 28.1. The van der Waals surface area contributed by atoms with Crippen LogP contribution < -0.4 is 20.1 Å². The number of fused-ring (bicyclic) bond motifs is 1. The number of carbonyl (C=O) groups excluding carboxylic acids is 3. The highest BCUT2D eigenvalue weighted by Gasteiger charge is 2.32. The van der Waals surface area contributed by atoms with Crippen molar-refractivity contribution in [2.45, 2.75) is 77.3 Å². The van der Waals surface area contributed by atoms with Gasteiger partial charge in [0.05, 0.1) is 44.0 Å². The number of nitrogens with zero attached hydrogens (tertiary/aromatic N) is 2. The lowest BCUT2D eigenvalue weighted by Crippen LogP contribution is -2.48. The van der Waals surface area contributed by atoms with E-state index in [9.17, 15) is 32.7 Å². The largest absolute Gasteiger partial charge is 0.497 e. The van der Waals surface area contributed by atoms with Crippen LogP contribution >= 0.6 is 0 Å². The molecule has 48 heavy (non-hydrogen) atoms. The highest BCUT2D eigenvalue weighted by molar-refractivity contribution is 5.99. The molecule has 1 aliphatic rings. The number of alkyl halides is 3. The van der Waals surface area contributed by atoms with E-state index >= 15 is 0 Å². The smallest absolute Gasteiger partial charge is 0.389 e. The number of hydrogen-bond acceptors (Lipinski definition) is 7. The highest BCUT2D eigenvalue weighted by atomic mass is 19.4. The molecule has 0 fully saturated rings. The minimum atomic E-state index is -4.48. The van der Waals surface area contributed by atoms with Crippen LogP contribution in [0, 0.1) is 5.92 Å². The first-order chi connectivity index (χ1) is 22.7. The molecule has 0 spiro atoms. The summed E-state index contributed by atoms with van der Waals surface area (Å²) in [6, 6.07) is 10.3. The van der Waals surface area contributed by atoms with Gasteiger partial charge in [-0.15, -0.1) is 0 Å². The molecule has 14 heteroatoms. The van der Waals surface area contributed by atoms with Crippen molar-refractivity contribution >= 4 is 29.2 Å². The van der Waals surface area contributed by atoms with Gasteiger partial charge in [-0.2, -0.15) is 13.2 Å². The molecule has 0 unspecified atom stereocenters. The molecule has 0 radical (unpaired) electrons. The van der Waals surface area contributed by atoms with Crippen molar-refractivity contribution in [3.8, 4) is 11.5 Å². The number of rotatable bonds is 9. The van der Waals surface area contributed by atoms with E-state index in [1.165, 1.54) is 28.0 Å². The van der Waals surface area contributed by atoms with Gasteiger partial charge >= 0.3 is 12.2 Å². The molecule has 0 bridgehead atoms. The Morgan fingerprint density at radius 3 is 2.44 bits per heavy atom. The van der Waals surface area contributed by atoms with E-state index in [0.717, 1.165) is 12.8 Å². The fourth-order valence-electron chi connectivity index (χ4n) is 5.19. The first-order valence-corrected chi connectivity index (χ1v) is 16.1. The molecular formula is C34H47F3N4O7. The number of aliphatic hydroxyl groups excluding tert-OH is 1. The van der Waals surface area contributed by atoms with Crippen molar-refractivity contribution in [2.24, 2.45) is 5.92 Å². The number of amides is 4. The predicted octanol–water partition coefficient (Wildman–Crippen LogP) is 5.94. The van der Waals surface area contributed by atoms with E-state index in [0.29, 0.717) is 24.5 Å². The molecule has 1 aliphatic heterocycles. The van der Waals surface area contributed by atoms with Gasteiger partial charge in [0.2, 0.25) is 5.91 Å². The fraction of sp³-hybridized carbons (Fsp3) is 0.559. The van der Waals surface area contributed by atoms with Crippen molar-refractivity contribution in [1.82, 2.24) is 9.80 Å². The number of ether oxygens (including phenoxy) is 3. The Morgan fingerprint density at radius 2 is 1.79 bits per heavy atom. The van der Waals surface area contributed by atoms with Gasteiger partial charge in [-0.25, -0.2) is 4.79 Å². The van der Waals surface area contributed by atoms with Crippen molar-refractivity contribution in [3.63, 3.8) is 0 Å². The summed E-state index contributed by atoms with van der Waals surface area (Å²) in [5.41, 5.74) is 0.822. The van der Waals surface area contributed by atoms with Crippen LogP contribution in [0.25, 0.3) is 0 Å². The Morgan fingerprint density at radius 1 is 1.10 bits per heavy atom. The molecular weight excluding hydrogens is 633 g/mol. The maximum atomic E-state index is 14.2. The number of nitrogens with one attached hydrogen (secondary N) is 2. The Balaban J connectivity index is 1.86. The lowest BCUT2D eigenvalue weighted by Gasteiger charge is -2.35. The van der Waals surface area contributed by atoms with Gasteiger partial charge in [0.25, 0.3) is 5.91 Å². The summed E-state index contributed by atoms with van der Waals surface area (Å²) >= 11 is 0. The predicted molar refractivity (Wildman–Crippen MR) is 175 cm³/mol. The standard InChI is InChI=1S/C34H47F3N4O7/c1-22-19-41(23(2)21-42)32(44)28-18-26(38-31(43)15-16-34(35,36)37)11-14-29(28)48-24(3)8-6-7-17-47-30(22)20-40(4)33(45)39-25-9-12-27(46-5)13-10-25/h9-14,18,22-24,30,42H,6-8,15-17,19-21H2,1-5H3,(H,38,43)(H,39,45)/t22-,23-,24-,30+/m1/s1. The number of anilines is 2. The number of benzene rings is 2. The van der Waals surface area contributed by atoms with Gasteiger partial charge in [0, 0.05) is 50.5 Å². The normalized spacial score (nSPS) is 20.1. The van der Waals surface area contributed by atoms with Crippen LogP contribution in [0.2, 0.25) is 0 Å². The summed E-state index contributed by atoms with van der Waals surface area (Å²) in [7, 11) is 3.21. The fourth-order valence-corrected chi connectivity index (χ4v) is 5.19. The molecule has 11 nitrogen and oxygen atoms in total. The van der Waals surface area contributed by atoms with Crippen molar-refractivity contribution in [2.75, 3.05) is 51.1 Å². The van der Waals surface area contributed by atoms with Crippen LogP contribution in [0.4, 0.5) is 29.3 Å². The van der Waals surface area contributed by atoms with E-state index in [4.69, 9.17) is 14.2 Å². The van der Waals surface area contributed by atoms with Crippen molar-refractivity contribution in [1.29, 1.82) is 0 Å². The number of halogens is 3.